The minimum Gasteiger partial charge on any atom is -0.356 e. The Morgan fingerprint density at radius 3 is 2.75 bits per heavy atom. The summed E-state index contributed by atoms with van der Waals surface area (Å²) in [5, 5.41) is 15.1. The summed E-state index contributed by atoms with van der Waals surface area (Å²) in [5.74, 6) is 2.10. The van der Waals surface area contributed by atoms with Gasteiger partial charge in [-0.3, -0.25) is 0 Å². The molecule has 0 atom stereocenters. The number of hydrogen-bond acceptors (Lipinski definition) is 6. The number of aromatic amines is 1. The Labute approximate surface area is 144 Å². The number of aromatic nitrogens is 6. The number of tetrazole rings is 1. The first-order chi connectivity index (χ1) is 11.8. The minimum absolute atomic E-state index is 0.356. The molecule has 1 aliphatic heterocycles. The van der Waals surface area contributed by atoms with E-state index < -0.39 is 0 Å². The zero-order chi connectivity index (χ0) is 16.4. The van der Waals surface area contributed by atoms with E-state index in [4.69, 9.17) is 11.6 Å². The van der Waals surface area contributed by atoms with Gasteiger partial charge in [0.15, 0.2) is 5.82 Å². The quantitative estimate of drug-likeness (QED) is 0.788. The van der Waals surface area contributed by atoms with Crippen LogP contribution in [-0.4, -0.2) is 43.7 Å². The van der Waals surface area contributed by atoms with E-state index in [1.54, 1.807) is 6.33 Å². The predicted molar refractivity (Wildman–Crippen MR) is 90.8 cm³/mol. The van der Waals surface area contributed by atoms with Crippen LogP contribution in [0.15, 0.2) is 36.7 Å². The van der Waals surface area contributed by atoms with Gasteiger partial charge in [0.1, 0.15) is 12.1 Å². The molecule has 1 aliphatic rings. The summed E-state index contributed by atoms with van der Waals surface area (Å²) in [6, 6.07) is 9.71. The van der Waals surface area contributed by atoms with E-state index in [1.165, 1.54) is 0 Å². The summed E-state index contributed by atoms with van der Waals surface area (Å²) >= 11 is 6.07. The molecular formula is C16H16ClN7. The molecule has 8 heteroatoms. The van der Waals surface area contributed by atoms with E-state index in [9.17, 15) is 0 Å². The molecule has 24 heavy (non-hydrogen) atoms. The molecule has 0 spiro atoms. The highest BCUT2D eigenvalue weighted by Gasteiger charge is 2.24. The molecule has 2 aromatic heterocycles. The Hall–Kier alpha value is -2.54. The summed E-state index contributed by atoms with van der Waals surface area (Å²) in [6.07, 6.45) is 3.57. The lowest BCUT2D eigenvalue weighted by Gasteiger charge is -2.31. The van der Waals surface area contributed by atoms with Crippen LogP contribution < -0.4 is 4.90 Å². The van der Waals surface area contributed by atoms with Crippen molar-refractivity contribution in [1.82, 2.24) is 30.6 Å². The summed E-state index contributed by atoms with van der Waals surface area (Å²) < 4.78 is 0. The van der Waals surface area contributed by atoms with Crippen molar-refractivity contribution in [3.05, 3.63) is 47.5 Å². The van der Waals surface area contributed by atoms with Gasteiger partial charge in [0, 0.05) is 35.7 Å². The Bertz CT molecular complexity index is 813. The van der Waals surface area contributed by atoms with Gasteiger partial charge in [-0.2, -0.15) is 5.21 Å². The first-order valence-corrected chi connectivity index (χ1v) is 8.23. The van der Waals surface area contributed by atoms with Crippen molar-refractivity contribution >= 4 is 17.4 Å². The molecule has 122 valence electrons. The largest absolute Gasteiger partial charge is 0.356 e. The van der Waals surface area contributed by atoms with Crippen LogP contribution >= 0.6 is 11.6 Å². The van der Waals surface area contributed by atoms with Crippen LogP contribution in [0.4, 0.5) is 5.82 Å². The van der Waals surface area contributed by atoms with Crippen molar-refractivity contribution in [2.75, 3.05) is 18.0 Å². The molecule has 3 aromatic rings. The van der Waals surface area contributed by atoms with E-state index in [1.807, 2.05) is 30.3 Å². The lowest BCUT2D eigenvalue weighted by molar-refractivity contribution is 0.483. The molecule has 1 aromatic carbocycles. The van der Waals surface area contributed by atoms with E-state index in [-0.39, 0.29) is 0 Å². The maximum absolute atomic E-state index is 6.07. The molecule has 1 N–H and O–H groups in total. The zero-order valence-electron chi connectivity index (χ0n) is 12.9. The highest BCUT2D eigenvalue weighted by atomic mass is 35.5. The Kier molecular flexibility index (Phi) is 4.08. The third-order valence-corrected chi connectivity index (χ3v) is 4.55. The molecule has 0 bridgehead atoms. The third kappa shape index (κ3) is 3.07. The lowest BCUT2D eigenvalue weighted by Crippen LogP contribution is -2.33. The predicted octanol–water partition coefficient (Wildman–Crippen LogP) is 2.69. The van der Waals surface area contributed by atoms with Gasteiger partial charge >= 0.3 is 0 Å². The summed E-state index contributed by atoms with van der Waals surface area (Å²) in [5.41, 5.74) is 1.87. The average Bonchev–Trinajstić information content (AvgIpc) is 3.17. The fourth-order valence-corrected chi connectivity index (χ4v) is 3.23. The molecule has 0 unspecified atom stereocenters. The molecule has 4 rings (SSSR count). The zero-order valence-corrected chi connectivity index (χ0v) is 13.7. The third-order valence-electron chi connectivity index (χ3n) is 4.32. The maximum atomic E-state index is 6.07. The number of piperidine rings is 1. The SMILES string of the molecule is Clc1cccc(-c2cc(N3CCC(c4nn[nH]n4)CC3)ncn2)c1. The van der Waals surface area contributed by atoms with Gasteiger partial charge in [-0.15, -0.1) is 10.2 Å². The highest BCUT2D eigenvalue weighted by Crippen LogP contribution is 2.29. The number of H-pyrrole nitrogens is 1. The second-order valence-corrected chi connectivity index (χ2v) is 6.24. The Morgan fingerprint density at radius 2 is 2.00 bits per heavy atom. The number of rotatable bonds is 3. The number of nitrogens with one attached hydrogen (secondary N) is 1. The molecule has 1 saturated heterocycles. The van der Waals surface area contributed by atoms with Crippen LogP contribution in [0.5, 0.6) is 0 Å². The first-order valence-electron chi connectivity index (χ1n) is 7.86. The molecule has 1 fully saturated rings. The van der Waals surface area contributed by atoms with Gasteiger partial charge in [-0.05, 0) is 25.0 Å². The smallest absolute Gasteiger partial charge is 0.177 e. The van der Waals surface area contributed by atoms with Gasteiger partial charge < -0.3 is 4.90 Å². The van der Waals surface area contributed by atoms with Crippen molar-refractivity contribution in [3.8, 4) is 11.3 Å². The first kappa shape index (κ1) is 15.0. The topological polar surface area (TPSA) is 83.5 Å². The molecule has 3 heterocycles. The molecule has 0 saturated carbocycles. The molecule has 0 amide bonds. The fourth-order valence-electron chi connectivity index (χ4n) is 3.03. The summed E-state index contributed by atoms with van der Waals surface area (Å²) in [4.78, 5) is 11.1. The van der Waals surface area contributed by atoms with Gasteiger partial charge in [-0.25, -0.2) is 9.97 Å². The Balaban J connectivity index is 1.50. The number of hydrogen-bond donors (Lipinski definition) is 1. The van der Waals surface area contributed by atoms with Crippen molar-refractivity contribution in [2.24, 2.45) is 0 Å². The maximum Gasteiger partial charge on any atom is 0.177 e. The van der Waals surface area contributed by atoms with Crippen LogP contribution in [0.1, 0.15) is 24.6 Å². The van der Waals surface area contributed by atoms with Crippen LogP contribution in [0.25, 0.3) is 11.3 Å². The average molecular weight is 342 g/mol. The van der Waals surface area contributed by atoms with E-state index in [2.05, 4.69) is 35.5 Å². The number of benzene rings is 1. The molecule has 0 radical (unpaired) electrons. The van der Waals surface area contributed by atoms with Crippen LogP contribution in [0.3, 0.4) is 0 Å². The van der Waals surface area contributed by atoms with Crippen molar-refractivity contribution in [3.63, 3.8) is 0 Å². The summed E-state index contributed by atoms with van der Waals surface area (Å²) in [7, 11) is 0. The molecule has 0 aliphatic carbocycles. The lowest BCUT2D eigenvalue weighted by atomic mass is 9.96. The fraction of sp³-hybridized carbons (Fsp3) is 0.312. The van der Waals surface area contributed by atoms with E-state index in [0.717, 1.165) is 48.8 Å². The number of nitrogens with zero attached hydrogens (tertiary/aromatic N) is 6. The van der Waals surface area contributed by atoms with Crippen LogP contribution in [0, 0.1) is 0 Å². The standard InChI is InChI=1S/C16H16ClN7/c17-13-3-1-2-12(8-13)14-9-15(19-10-18-14)24-6-4-11(5-7-24)16-20-22-23-21-16/h1-3,8-11H,4-7H2,(H,20,21,22,23). The van der Waals surface area contributed by atoms with Crippen LogP contribution in [0.2, 0.25) is 5.02 Å². The van der Waals surface area contributed by atoms with E-state index >= 15 is 0 Å². The number of anilines is 1. The van der Waals surface area contributed by atoms with E-state index in [0.29, 0.717) is 10.9 Å². The Morgan fingerprint density at radius 1 is 1.12 bits per heavy atom. The van der Waals surface area contributed by atoms with Crippen molar-refractivity contribution in [1.29, 1.82) is 0 Å². The minimum atomic E-state index is 0.356. The highest BCUT2D eigenvalue weighted by molar-refractivity contribution is 6.30. The number of halogens is 1. The van der Waals surface area contributed by atoms with Crippen LogP contribution in [-0.2, 0) is 0 Å². The van der Waals surface area contributed by atoms with Gasteiger partial charge in [0.05, 0.1) is 5.69 Å². The summed E-state index contributed by atoms with van der Waals surface area (Å²) in [6.45, 7) is 1.82. The second-order valence-electron chi connectivity index (χ2n) is 5.80. The van der Waals surface area contributed by atoms with Gasteiger partial charge in [-0.1, -0.05) is 28.9 Å². The molecule has 7 nitrogen and oxygen atoms in total. The van der Waals surface area contributed by atoms with Crippen molar-refractivity contribution in [2.45, 2.75) is 18.8 Å². The van der Waals surface area contributed by atoms with Gasteiger partial charge in [0.25, 0.3) is 0 Å². The molecular weight excluding hydrogens is 326 g/mol. The van der Waals surface area contributed by atoms with Crippen molar-refractivity contribution < 1.29 is 0 Å². The normalized spacial score (nSPS) is 15.6. The monoisotopic (exact) mass is 341 g/mol. The van der Waals surface area contributed by atoms with Gasteiger partial charge in [0.2, 0.25) is 0 Å². The second kappa shape index (κ2) is 6.52.